The van der Waals surface area contributed by atoms with Crippen molar-refractivity contribution in [3.05, 3.63) is 29.2 Å². The highest BCUT2D eigenvalue weighted by Crippen LogP contribution is 2.41. The van der Waals surface area contributed by atoms with Gasteiger partial charge in [0.1, 0.15) is 17.1 Å². The summed E-state index contributed by atoms with van der Waals surface area (Å²) in [6, 6.07) is 4.12. The van der Waals surface area contributed by atoms with Crippen LogP contribution in [0.3, 0.4) is 0 Å². The zero-order valence-electron chi connectivity index (χ0n) is 13.9. The number of nitrogens with zero attached hydrogens (tertiary/aromatic N) is 1. The summed E-state index contributed by atoms with van der Waals surface area (Å²) in [6.07, 6.45) is 0. The van der Waals surface area contributed by atoms with Crippen molar-refractivity contribution < 1.29 is 13.6 Å². The molecule has 1 saturated heterocycles. The van der Waals surface area contributed by atoms with Crippen LogP contribution in [-0.4, -0.2) is 38.2 Å². The third-order valence-electron chi connectivity index (χ3n) is 4.56. The van der Waals surface area contributed by atoms with Crippen molar-refractivity contribution in [3.8, 4) is 5.75 Å². The van der Waals surface area contributed by atoms with Crippen LogP contribution >= 0.6 is 0 Å². The van der Waals surface area contributed by atoms with E-state index < -0.39 is 0 Å². The SMILES string of the molecule is COc1c2cc(C)oc2c(CN2CCNCC2)c2cc(C)oc12. The molecule has 0 atom stereocenters. The number of methoxy groups -OCH3 is 1. The number of aryl methyl sites for hydroxylation is 2. The van der Waals surface area contributed by atoms with Crippen LogP contribution in [0, 0.1) is 13.8 Å². The van der Waals surface area contributed by atoms with Crippen LogP contribution in [0.15, 0.2) is 21.0 Å². The molecule has 1 fully saturated rings. The van der Waals surface area contributed by atoms with Crippen LogP contribution in [-0.2, 0) is 6.54 Å². The molecule has 1 aliphatic rings. The Hall–Kier alpha value is -1.98. The van der Waals surface area contributed by atoms with Gasteiger partial charge in [0.05, 0.1) is 12.5 Å². The zero-order chi connectivity index (χ0) is 16.0. The quantitative estimate of drug-likeness (QED) is 0.804. The van der Waals surface area contributed by atoms with Gasteiger partial charge in [-0.15, -0.1) is 0 Å². The van der Waals surface area contributed by atoms with Crippen LogP contribution in [0.25, 0.3) is 21.9 Å². The van der Waals surface area contributed by atoms with E-state index in [9.17, 15) is 0 Å². The number of nitrogens with one attached hydrogen (secondary N) is 1. The highest BCUT2D eigenvalue weighted by Gasteiger charge is 2.23. The summed E-state index contributed by atoms with van der Waals surface area (Å²) in [4.78, 5) is 2.46. The molecule has 1 N–H and O–H groups in total. The van der Waals surface area contributed by atoms with E-state index in [1.165, 1.54) is 5.56 Å². The average molecular weight is 314 g/mol. The Morgan fingerprint density at radius 3 is 2.39 bits per heavy atom. The summed E-state index contributed by atoms with van der Waals surface area (Å²) in [7, 11) is 1.68. The Morgan fingerprint density at radius 1 is 1.04 bits per heavy atom. The maximum absolute atomic E-state index is 6.04. The maximum atomic E-state index is 6.04. The summed E-state index contributed by atoms with van der Waals surface area (Å²) in [5.74, 6) is 2.55. The lowest BCUT2D eigenvalue weighted by Gasteiger charge is -2.27. The topological polar surface area (TPSA) is 50.8 Å². The molecule has 1 aliphatic heterocycles. The first-order chi connectivity index (χ1) is 11.2. The summed E-state index contributed by atoms with van der Waals surface area (Å²) in [6.45, 7) is 8.97. The van der Waals surface area contributed by atoms with Gasteiger partial charge in [-0.2, -0.15) is 0 Å². The number of piperazine rings is 1. The molecule has 0 radical (unpaired) electrons. The van der Waals surface area contributed by atoms with Gasteiger partial charge in [0.15, 0.2) is 11.3 Å². The molecular formula is C18H22N2O3. The first-order valence-electron chi connectivity index (χ1n) is 8.09. The van der Waals surface area contributed by atoms with E-state index in [1.54, 1.807) is 7.11 Å². The third kappa shape index (κ3) is 2.40. The first-order valence-corrected chi connectivity index (χ1v) is 8.09. The highest BCUT2D eigenvalue weighted by atomic mass is 16.5. The van der Waals surface area contributed by atoms with Gasteiger partial charge >= 0.3 is 0 Å². The second kappa shape index (κ2) is 5.58. The van der Waals surface area contributed by atoms with Crippen LogP contribution in [0.2, 0.25) is 0 Å². The molecule has 3 aromatic rings. The number of benzene rings is 1. The lowest BCUT2D eigenvalue weighted by atomic mass is 10.0. The summed E-state index contributed by atoms with van der Waals surface area (Å²) >= 11 is 0. The fraction of sp³-hybridized carbons (Fsp3) is 0.444. The summed E-state index contributed by atoms with van der Waals surface area (Å²) in [5, 5.41) is 5.49. The monoisotopic (exact) mass is 314 g/mol. The van der Waals surface area contributed by atoms with E-state index in [-0.39, 0.29) is 0 Å². The van der Waals surface area contributed by atoms with E-state index in [0.29, 0.717) is 0 Å². The maximum Gasteiger partial charge on any atom is 0.177 e. The van der Waals surface area contributed by atoms with Crippen molar-refractivity contribution in [1.29, 1.82) is 0 Å². The van der Waals surface area contributed by atoms with Crippen molar-refractivity contribution in [2.24, 2.45) is 0 Å². The number of rotatable bonds is 3. The molecule has 122 valence electrons. The standard InChI is InChI=1S/C18H22N2O3/c1-11-8-13-15(10-20-6-4-19-5-7-20)16-14(9-12(2)22-16)17(21-3)18(13)23-11/h8-9,19H,4-7,10H2,1-3H3. The van der Waals surface area contributed by atoms with Gasteiger partial charge in [0.2, 0.25) is 0 Å². The third-order valence-corrected chi connectivity index (χ3v) is 4.56. The predicted molar refractivity (Wildman–Crippen MR) is 90.2 cm³/mol. The lowest BCUT2D eigenvalue weighted by molar-refractivity contribution is 0.234. The highest BCUT2D eigenvalue weighted by molar-refractivity contribution is 6.04. The van der Waals surface area contributed by atoms with Gasteiger partial charge in [0, 0.05) is 43.7 Å². The Morgan fingerprint density at radius 2 is 1.70 bits per heavy atom. The van der Waals surface area contributed by atoms with Crippen molar-refractivity contribution in [3.63, 3.8) is 0 Å². The number of furan rings is 2. The van der Waals surface area contributed by atoms with Crippen LogP contribution in [0.1, 0.15) is 17.1 Å². The Balaban J connectivity index is 1.94. The second-order valence-corrected chi connectivity index (χ2v) is 6.24. The van der Waals surface area contributed by atoms with Gasteiger partial charge in [0.25, 0.3) is 0 Å². The van der Waals surface area contributed by atoms with Crippen molar-refractivity contribution in [1.82, 2.24) is 10.2 Å². The van der Waals surface area contributed by atoms with Gasteiger partial charge in [-0.05, 0) is 26.0 Å². The normalized spacial score (nSPS) is 16.5. The molecule has 4 rings (SSSR count). The number of hydrogen-bond acceptors (Lipinski definition) is 5. The van der Waals surface area contributed by atoms with Crippen molar-refractivity contribution in [2.45, 2.75) is 20.4 Å². The Labute approximate surface area is 135 Å². The van der Waals surface area contributed by atoms with E-state index in [1.807, 2.05) is 19.9 Å². The molecule has 2 aromatic heterocycles. The predicted octanol–water partition coefficient (Wildman–Crippen LogP) is 3.21. The largest absolute Gasteiger partial charge is 0.492 e. The Kier molecular flexibility index (Phi) is 3.54. The number of fused-ring (bicyclic) bond motifs is 2. The minimum Gasteiger partial charge on any atom is -0.492 e. The molecule has 23 heavy (non-hydrogen) atoms. The first kappa shape index (κ1) is 14.6. The molecule has 1 aromatic carbocycles. The number of hydrogen-bond donors (Lipinski definition) is 1. The second-order valence-electron chi connectivity index (χ2n) is 6.24. The minimum absolute atomic E-state index is 0.768. The Bertz CT molecular complexity index is 799. The van der Waals surface area contributed by atoms with Crippen molar-refractivity contribution >= 4 is 21.9 Å². The molecule has 5 nitrogen and oxygen atoms in total. The minimum atomic E-state index is 0.768. The molecule has 0 amide bonds. The smallest absolute Gasteiger partial charge is 0.177 e. The molecule has 0 spiro atoms. The molecule has 0 saturated carbocycles. The number of ether oxygens (including phenoxy) is 1. The fourth-order valence-corrected chi connectivity index (χ4v) is 3.51. The van der Waals surface area contributed by atoms with Gasteiger partial charge in [-0.1, -0.05) is 0 Å². The summed E-state index contributed by atoms with van der Waals surface area (Å²) in [5.41, 5.74) is 2.94. The molecule has 0 unspecified atom stereocenters. The molecule has 3 heterocycles. The lowest BCUT2D eigenvalue weighted by Crippen LogP contribution is -2.42. The van der Waals surface area contributed by atoms with E-state index in [2.05, 4.69) is 16.3 Å². The van der Waals surface area contributed by atoms with Crippen LogP contribution in [0.4, 0.5) is 0 Å². The van der Waals surface area contributed by atoms with E-state index in [4.69, 9.17) is 13.6 Å². The fourth-order valence-electron chi connectivity index (χ4n) is 3.51. The average Bonchev–Trinajstić information content (AvgIpc) is 3.11. The van der Waals surface area contributed by atoms with Crippen LogP contribution < -0.4 is 10.1 Å². The van der Waals surface area contributed by atoms with Gasteiger partial charge in [-0.3, -0.25) is 4.90 Å². The van der Waals surface area contributed by atoms with Crippen LogP contribution in [0.5, 0.6) is 5.75 Å². The van der Waals surface area contributed by atoms with E-state index >= 15 is 0 Å². The summed E-state index contributed by atoms with van der Waals surface area (Å²) < 4.78 is 17.6. The van der Waals surface area contributed by atoms with Crippen molar-refractivity contribution in [2.75, 3.05) is 33.3 Å². The molecule has 0 aliphatic carbocycles. The van der Waals surface area contributed by atoms with E-state index in [0.717, 1.165) is 71.9 Å². The molecule has 0 bridgehead atoms. The zero-order valence-corrected chi connectivity index (χ0v) is 13.9. The molecule has 5 heteroatoms. The molecular weight excluding hydrogens is 292 g/mol. The van der Waals surface area contributed by atoms with Gasteiger partial charge < -0.3 is 18.9 Å². The van der Waals surface area contributed by atoms with Gasteiger partial charge in [-0.25, -0.2) is 0 Å².